The third-order valence-corrected chi connectivity index (χ3v) is 5.68. The summed E-state index contributed by atoms with van der Waals surface area (Å²) in [5, 5.41) is 7.75. The van der Waals surface area contributed by atoms with Gasteiger partial charge in [0.05, 0.1) is 12.2 Å². The van der Waals surface area contributed by atoms with Crippen molar-refractivity contribution in [1.82, 2.24) is 19.7 Å². The van der Waals surface area contributed by atoms with Gasteiger partial charge >= 0.3 is 5.97 Å². The number of carbonyl (C=O) groups excluding carboxylic acids is 3. The van der Waals surface area contributed by atoms with Crippen LogP contribution in [0.2, 0.25) is 10.0 Å². The molecule has 1 N–H and O–H groups in total. The highest BCUT2D eigenvalue weighted by molar-refractivity contribution is 6.36. The topological polar surface area (TPSA) is 95.2 Å². The molecule has 3 rings (SSSR count). The lowest BCUT2D eigenvalue weighted by atomic mass is 10.1. The second-order valence-electron chi connectivity index (χ2n) is 7.27. The zero-order valence-corrected chi connectivity index (χ0v) is 19.8. The minimum atomic E-state index is -0.725. The third kappa shape index (κ3) is 5.91. The number of carbonyl (C=O) groups is 3. The number of hydrogen-bond acceptors (Lipinski definition) is 5. The summed E-state index contributed by atoms with van der Waals surface area (Å²) in [6.07, 6.45) is 4.45. The van der Waals surface area contributed by atoms with Gasteiger partial charge in [-0.25, -0.2) is 4.79 Å². The summed E-state index contributed by atoms with van der Waals surface area (Å²) in [6, 6.07) is 8.54. The normalized spacial score (nSPS) is 11.1. The molecule has 2 amide bonds. The fraction of sp³-hybridized carbons (Fsp3) is 0.217. The first-order chi connectivity index (χ1) is 15.7. The van der Waals surface area contributed by atoms with Crippen LogP contribution < -0.4 is 5.32 Å². The van der Waals surface area contributed by atoms with E-state index in [1.54, 1.807) is 58.9 Å². The molecular weight excluding hydrogens is 467 g/mol. The second-order valence-corrected chi connectivity index (χ2v) is 8.08. The number of hydrogen-bond donors (Lipinski definition) is 1. The van der Waals surface area contributed by atoms with E-state index < -0.39 is 24.4 Å². The molecule has 0 unspecified atom stereocenters. The number of ether oxygens (including phenoxy) is 1. The second kappa shape index (κ2) is 10.5. The van der Waals surface area contributed by atoms with Gasteiger partial charge in [-0.15, -0.1) is 0 Å². The highest BCUT2D eigenvalue weighted by Crippen LogP contribution is 2.26. The van der Waals surface area contributed by atoms with Crippen LogP contribution in [-0.2, 0) is 27.9 Å². The first kappa shape index (κ1) is 24.3. The molecule has 10 heteroatoms. The minimum Gasteiger partial charge on any atom is -0.452 e. The SMILES string of the molecule is Cc1nn(Cc2c(Cl)cccc2Cl)c(C)c1/C=C/C(=O)OCC(=O)NC(=O)c1cccn1C. The largest absolute Gasteiger partial charge is 0.452 e. The molecule has 0 aliphatic rings. The minimum absolute atomic E-state index is 0.315. The van der Waals surface area contributed by atoms with Crippen LogP contribution in [-0.4, -0.2) is 38.7 Å². The van der Waals surface area contributed by atoms with Crippen molar-refractivity contribution >= 4 is 47.1 Å². The van der Waals surface area contributed by atoms with Crippen molar-refractivity contribution in [3.63, 3.8) is 0 Å². The first-order valence-electron chi connectivity index (χ1n) is 9.94. The highest BCUT2D eigenvalue weighted by Gasteiger charge is 2.15. The Morgan fingerprint density at radius 3 is 2.45 bits per heavy atom. The lowest BCUT2D eigenvalue weighted by Gasteiger charge is -2.09. The number of nitrogens with zero attached hydrogens (tertiary/aromatic N) is 3. The maximum Gasteiger partial charge on any atom is 0.331 e. The van der Waals surface area contributed by atoms with Crippen LogP contribution in [0, 0.1) is 13.8 Å². The van der Waals surface area contributed by atoms with Crippen LogP contribution in [0.4, 0.5) is 0 Å². The number of aromatic nitrogens is 3. The van der Waals surface area contributed by atoms with Crippen molar-refractivity contribution in [2.75, 3.05) is 6.61 Å². The van der Waals surface area contributed by atoms with Crippen LogP contribution in [0.3, 0.4) is 0 Å². The average Bonchev–Trinajstić information content (AvgIpc) is 3.30. The lowest BCUT2D eigenvalue weighted by Crippen LogP contribution is -2.34. The molecular formula is C23H22Cl2N4O4. The fourth-order valence-corrected chi connectivity index (χ4v) is 3.72. The molecule has 3 aromatic rings. The van der Waals surface area contributed by atoms with E-state index in [0.29, 0.717) is 28.0 Å². The first-order valence-corrected chi connectivity index (χ1v) is 10.7. The molecule has 2 aromatic heterocycles. The summed E-state index contributed by atoms with van der Waals surface area (Å²) in [6.45, 7) is 3.46. The third-order valence-electron chi connectivity index (χ3n) is 4.97. The maximum absolute atomic E-state index is 12.1. The van der Waals surface area contributed by atoms with Crippen molar-refractivity contribution in [2.45, 2.75) is 20.4 Å². The summed E-state index contributed by atoms with van der Waals surface area (Å²) in [5.41, 5.74) is 3.30. The summed E-state index contributed by atoms with van der Waals surface area (Å²) in [7, 11) is 1.68. The number of nitrogens with one attached hydrogen (secondary N) is 1. The van der Waals surface area contributed by atoms with Gasteiger partial charge in [-0.05, 0) is 44.2 Å². The van der Waals surface area contributed by atoms with E-state index in [2.05, 4.69) is 10.4 Å². The van der Waals surface area contributed by atoms with Gasteiger partial charge in [0.25, 0.3) is 11.8 Å². The number of imide groups is 1. The smallest absolute Gasteiger partial charge is 0.331 e. The zero-order chi connectivity index (χ0) is 24.1. The average molecular weight is 489 g/mol. The Kier molecular flexibility index (Phi) is 7.73. The number of benzene rings is 1. The van der Waals surface area contributed by atoms with Gasteiger partial charge in [0.15, 0.2) is 6.61 Å². The van der Waals surface area contributed by atoms with Gasteiger partial charge in [-0.2, -0.15) is 5.10 Å². The number of esters is 1. The van der Waals surface area contributed by atoms with Crippen molar-refractivity contribution in [3.8, 4) is 0 Å². The summed E-state index contributed by atoms with van der Waals surface area (Å²) < 4.78 is 8.25. The summed E-state index contributed by atoms with van der Waals surface area (Å²) >= 11 is 12.5. The van der Waals surface area contributed by atoms with Crippen LogP contribution in [0.15, 0.2) is 42.6 Å². The zero-order valence-electron chi connectivity index (χ0n) is 18.3. The maximum atomic E-state index is 12.1. The number of halogens is 2. The van der Waals surface area contributed by atoms with Gasteiger partial charge in [0.2, 0.25) is 0 Å². The van der Waals surface area contributed by atoms with Gasteiger partial charge in [-0.3, -0.25) is 19.6 Å². The van der Waals surface area contributed by atoms with Crippen LogP contribution in [0.1, 0.15) is 33.0 Å². The molecule has 0 fully saturated rings. The molecule has 172 valence electrons. The van der Waals surface area contributed by atoms with E-state index in [-0.39, 0.29) is 0 Å². The Labute approximate surface area is 200 Å². The molecule has 0 radical (unpaired) electrons. The van der Waals surface area contributed by atoms with Gasteiger partial charge in [0.1, 0.15) is 5.69 Å². The van der Waals surface area contributed by atoms with E-state index in [0.717, 1.165) is 16.8 Å². The van der Waals surface area contributed by atoms with E-state index in [1.165, 1.54) is 6.08 Å². The fourth-order valence-electron chi connectivity index (χ4n) is 3.20. The molecule has 33 heavy (non-hydrogen) atoms. The van der Waals surface area contributed by atoms with Gasteiger partial charge < -0.3 is 9.30 Å². The predicted octanol–water partition coefficient (Wildman–Crippen LogP) is 3.71. The summed E-state index contributed by atoms with van der Waals surface area (Å²) in [4.78, 5) is 36.0. The molecule has 0 bridgehead atoms. The van der Waals surface area contributed by atoms with Crippen molar-refractivity contribution in [3.05, 3.63) is 80.9 Å². The Morgan fingerprint density at radius 2 is 1.82 bits per heavy atom. The standard InChI is InChI=1S/C23H22Cl2N4O4/c1-14-16(15(2)29(27-14)12-17-18(24)6-4-7-19(17)25)9-10-22(31)33-13-21(30)26-23(32)20-8-5-11-28(20)3/h4-11H,12-13H2,1-3H3,(H,26,30,32)/b10-9+. The monoisotopic (exact) mass is 488 g/mol. The molecule has 2 heterocycles. The predicted molar refractivity (Wildman–Crippen MR) is 125 cm³/mol. The Bertz CT molecular complexity index is 1220. The van der Waals surface area contributed by atoms with E-state index in [9.17, 15) is 14.4 Å². The lowest BCUT2D eigenvalue weighted by molar-refractivity contribution is -0.143. The Balaban J connectivity index is 1.59. The van der Waals surface area contributed by atoms with Crippen molar-refractivity contribution in [2.24, 2.45) is 7.05 Å². The van der Waals surface area contributed by atoms with Crippen LogP contribution in [0.5, 0.6) is 0 Å². The molecule has 0 saturated carbocycles. The van der Waals surface area contributed by atoms with Crippen molar-refractivity contribution < 1.29 is 19.1 Å². The van der Waals surface area contributed by atoms with E-state index >= 15 is 0 Å². The number of aryl methyl sites for hydroxylation is 2. The molecule has 0 spiro atoms. The molecule has 0 aliphatic heterocycles. The molecule has 1 aromatic carbocycles. The van der Waals surface area contributed by atoms with Crippen molar-refractivity contribution in [1.29, 1.82) is 0 Å². The number of amides is 2. The molecule has 0 atom stereocenters. The molecule has 0 aliphatic carbocycles. The molecule has 8 nitrogen and oxygen atoms in total. The van der Waals surface area contributed by atoms with Crippen LogP contribution in [0.25, 0.3) is 6.08 Å². The van der Waals surface area contributed by atoms with Gasteiger partial charge in [-0.1, -0.05) is 29.3 Å². The molecule has 0 saturated heterocycles. The summed E-state index contributed by atoms with van der Waals surface area (Å²) in [5.74, 6) is -2.02. The van der Waals surface area contributed by atoms with Gasteiger partial charge in [0, 0.05) is 46.2 Å². The van der Waals surface area contributed by atoms with E-state index in [4.69, 9.17) is 27.9 Å². The Morgan fingerprint density at radius 1 is 1.12 bits per heavy atom. The Hall–Kier alpha value is -3.36. The number of rotatable bonds is 7. The van der Waals surface area contributed by atoms with Crippen LogP contribution >= 0.6 is 23.2 Å². The van der Waals surface area contributed by atoms with E-state index in [1.807, 2.05) is 13.8 Å². The quantitative estimate of drug-likeness (QED) is 0.404. The highest BCUT2D eigenvalue weighted by atomic mass is 35.5.